The zero-order valence-corrected chi connectivity index (χ0v) is 9.17. The molecule has 0 atom stereocenters. The Labute approximate surface area is 89.0 Å². The molecule has 4 nitrogen and oxygen atoms in total. The summed E-state index contributed by atoms with van der Waals surface area (Å²) in [5.41, 5.74) is -1.13. The number of ether oxygens (including phenoxy) is 1. The first kappa shape index (κ1) is 11.9. The van der Waals surface area contributed by atoms with Crippen LogP contribution in [-0.2, 0) is 19.1 Å². The molecule has 1 aliphatic carbocycles. The summed E-state index contributed by atoms with van der Waals surface area (Å²) < 4.78 is 4.76. The van der Waals surface area contributed by atoms with Crippen molar-refractivity contribution in [1.29, 1.82) is 0 Å². The van der Waals surface area contributed by atoms with Gasteiger partial charge in [-0.2, -0.15) is 0 Å². The lowest BCUT2D eigenvalue weighted by Gasteiger charge is -2.29. The molecule has 0 aromatic heterocycles. The summed E-state index contributed by atoms with van der Waals surface area (Å²) in [6.45, 7) is 3.52. The van der Waals surface area contributed by atoms with E-state index in [-0.39, 0.29) is 24.6 Å². The van der Waals surface area contributed by atoms with Crippen molar-refractivity contribution in [1.82, 2.24) is 0 Å². The second kappa shape index (κ2) is 4.55. The van der Waals surface area contributed by atoms with Crippen LogP contribution < -0.4 is 0 Å². The van der Waals surface area contributed by atoms with E-state index in [2.05, 4.69) is 0 Å². The van der Waals surface area contributed by atoms with Gasteiger partial charge in [0.1, 0.15) is 11.6 Å². The number of ketones is 2. The fourth-order valence-electron chi connectivity index (χ4n) is 1.81. The number of carbonyl (C=O) groups excluding carboxylic acids is 3. The number of Topliss-reactive ketones (excluding diaryl/α,β-unsaturated/α-hetero) is 2. The maximum Gasteiger partial charge on any atom is 0.307 e. The van der Waals surface area contributed by atoms with Gasteiger partial charge in [-0.1, -0.05) is 0 Å². The second-order valence-corrected chi connectivity index (χ2v) is 4.01. The van der Waals surface area contributed by atoms with Gasteiger partial charge in [0, 0.05) is 12.8 Å². The number of hydrogen-bond donors (Lipinski definition) is 0. The molecule has 0 aromatic rings. The van der Waals surface area contributed by atoms with E-state index in [1.54, 1.807) is 13.8 Å². The number of esters is 1. The van der Waals surface area contributed by atoms with Gasteiger partial charge in [0.15, 0.2) is 0 Å². The molecule has 4 heteroatoms. The van der Waals surface area contributed by atoms with Crippen molar-refractivity contribution in [2.24, 2.45) is 5.41 Å². The van der Waals surface area contributed by atoms with Gasteiger partial charge in [-0.15, -0.1) is 0 Å². The van der Waals surface area contributed by atoms with Crippen LogP contribution in [0, 0.1) is 5.41 Å². The molecule has 15 heavy (non-hydrogen) atoms. The third-order valence-corrected chi connectivity index (χ3v) is 2.84. The molecule has 0 heterocycles. The van der Waals surface area contributed by atoms with Crippen LogP contribution in [-0.4, -0.2) is 24.1 Å². The highest BCUT2D eigenvalue weighted by Crippen LogP contribution is 2.33. The summed E-state index contributed by atoms with van der Waals surface area (Å²) in [4.78, 5) is 34.6. The Hall–Kier alpha value is -1.19. The van der Waals surface area contributed by atoms with Crippen molar-refractivity contribution < 1.29 is 19.1 Å². The summed E-state index contributed by atoms with van der Waals surface area (Å²) in [5.74, 6) is -0.734. The molecule has 0 unspecified atom stereocenters. The average Bonchev–Trinajstić information content (AvgIpc) is 2.15. The van der Waals surface area contributed by atoms with E-state index in [4.69, 9.17) is 4.74 Å². The molecule has 0 aromatic carbocycles. The highest BCUT2D eigenvalue weighted by molar-refractivity contribution is 6.10. The van der Waals surface area contributed by atoms with Crippen LogP contribution in [0.4, 0.5) is 0 Å². The Kier molecular flexibility index (Phi) is 3.61. The van der Waals surface area contributed by atoms with Crippen LogP contribution in [0.5, 0.6) is 0 Å². The van der Waals surface area contributed by atoms with Crippen LogP contribution in [0.3, 0.4) is 0 Å². The molecule has 0 amide bonds. The molecule has 0 bridgehead atoms. The second-order valence-electron chi connectivity index (χ2n) is 4.01. The Morgan fingerprint density at radius 3 is 2.33 bits per heavy atom. The first-order valence-electron chi connectivity index (χ1n) is 5.23. The van der Waals surface area contributed by atoms with Crippen LogP contribution in [0.25, 0.3) is 0 Å². The highest BCUT2D eigenvalue weighted by Gasteiger charge is 2.44. The summed E-state index contributed by atoms with van der Waals surface area (Å²) in [6.07, 6.45) is 1.28. The van der Waals surface area contributed by atoms with E-state index in [0.717, 1.165) is 0 Å². The zero-order valence-electron chi connectivity index (χ0n) is 9.17. The summed E-state index contributed by atoms with van der Waals surface area (Å²) >= 11 is 0. The normalized spacial score (nSPS) is 20.1. The molecular formula is C11H16O4. The molecule has 1 aliphatic rings. The van der Waals surface area contributed by atoms with Crippen LogP contribution in [0.15, 0.2) is 0 Å². The number of carbonyl (C=O) groups is 3. The standard InChI is InChI=1S/C11H16O4/c1-3-15-10(14)7-11(2)8(12)5-4-6-9(11)13/h3-7H2,1-2H3. The molecule has 1 fully saturated rings. The van der Waals surface area contributed by atoms with Gasteiger partial charge in [0.2, 0.25) is 0 Å². The van der Waals surface area contributed by atoms with Crippen LogP contribution in [0.1, 0.15) is 39.5 Å². The third-order valence-electron chi connectivity index (χ3n) is 2.84. The van der Waals surface area contributed by atoms with Crippen molar-refractivity contribution in [3.8, 4) is 0 Å². The van der Waals surface area contributed by atoms with Gasteiger partial charge in [-0.3, -0.25) is 14.4 Å². The maximum absolute atomic E-state index is 11.6. The topological polar surface area (TPSA) is 60.4 Å². The largest absolute Gasteiger partial charge is 0.466 e. The summed E-state index contributed by atoms with van der Waals surface area (Å²) in [7, 11) is 0. The fourth-order valence-corrected chi connectivity index (χ4v) is 1.81. The van der Waals surface area contributed by atoms with Crippen LogP contribution in [0.2, 0.25) is 0 Å². The summed E-state index contributed by atoms with van der Waals surface area (Å²) in [5, 5.41) is 0. The monoisotopic (exact) mass is 212 g/mol. The van der Waals surface area contributed by atoms with Gasteiger partial charge in [-0.05, 0) is 20.3 Å². The minimum atomic E-state index is -1.13. The van der Waals surface area contributed by atoms with E-state index in [9.17, 15) is 14.4 Å². The van der Waals surface area contributed by atoms with Gasteiger partial charge in [0.25, 0.3) is 0 Å². The Morgan fingerprint density at radius 1 is 1.33 bits per heavy atom. The molecule has 0 radical (unpaired) electrons. The van der Waals surface area contributed by atoms with Crippen LogP contribution >= 0.6 is 0 Å². The molecule has 84 valence electrons. The molecule has 1 saturated carbocycles. The smallest absolute Gasteiger partial charge is 0.307 e. The molecule has 1 rings (SSSR count). The SMILES string of the molecule is CCOC(=O)CC1(C)C(=O)CCCC1=O. The summed E-state index contributed by atoms with van der Waals surface area (Å²) in [6, 6.07) is 0. The van der Waals surface area contributed by atoms with Crippen molar-refractivity contribution in [2.45, 2.75) is 39.5 Å². The lowest BCUT2D eigenvalue weighted by molar-refractivity contribution is -0.155. The van der Waals surface area contributed by atoms with Crippen molar-refractivity contribution >= 4 is 17.5 Å². The minimum absolute atomic E-state index is 0.113. The average molecular weight is 212 g/mol. The Bertz CT molecular complexity index is 277. The number of hydrogen-bond acceptors (Lipinski definition) is 4. The quantitative estimate of drug-likeness (QED) is 0.522. The third kappa shape index (κ3) is 2.43. The van der Waals surface area contributed by atoms with Gasteiger partial charge in [-0.25, -0.2) is 0 Å². The molecule has 0 N–H and O–H groups in total. The van der Waals surface area contributed by atoms with E-state index in [1.165, 1.54) is 0 Å². The molecule has 0 spiro atoms. The van der Waals surface area contributed by atoms with Crippen molar-refractivity contribution in [3.63, 3.8) is 0 Å². The first-order valence-corrected chi connectivity index (χ1v) is 5.23. The number of rotatable bonds is 3. The minimum Gasteiger partial charge on any atom is -0.466 e. The molecular weight excluding hydrogens is 196 g/mol. The lowest BCUT2D eigenvalue weighted by Crippen LogP contribution is -2.41. The van der Waals surface area contributed by atoms with Gasteiger partial charge in [0.05, 0.1) is 18.4 Å². The maximum atomic E-state index is 11.6. The Morgan fingerprint density at radius 2 is 1.87 bits per heavy atom. The lowest BCUT2D eigenvalue weighted by atomic mass is 9.71. The van der Waals surface area contributed by atoms with E-state index < -0.39 is 11.4 Å². The Balaban J connectivity index is 2.74. The predicted octanol–water partition coefficient (Wildman–Crippen LogP) is 1.27. The van der Waals surface area contributed by atoms with Crippen molar-refractivity contribution in [2.75, 3.05) is 6.61 Å². The van der Waals surface area contributed by atoms with Gasteiger partial charge < -0.3 is 4.74 Å². The van der Waals surface area contributed by atoms with Gasteiger partial charge >= 0.3 is 5.97 Å². The van der Waals surface area contributed by atoms with E-state index in [1.807, 2.05) is 0 Å². The fraction of sp³-hybridized carbons (Fsp3) is 0.727. The molecule has 0 aliphatic heterocycles. The van der Waals surface area contributed by atoms with E-state index in [0.29, 0.717) is 19.3 Å². The zero-order chi connectivity index (χ0) is 11.5. The van der Waals surface area contributed by atoms with Crippen molar-refractivity contribution in [3.05, 3.63) is 0 Å². The highest BCUT2D eigenvalue weighted by atomic mass is 16.5. The first-order chi connectivity index (χ1) is 7.00. The predicted molar refractivity (Wildman–Crippen MR) is 53.2 cm³/mol. The molecule has 0 saturated heterocycles. The van der Waals surface area contributed by atoms with E-state index >= 15 is 0 Å².